The first-order valence-corrected chi connectivity index (χ1v) is 8.18. The molecule has 1 unspecified atom stereocenters. The van der Waals surface area contributed by atoms with Crippen LogP contribution in [0.2, 0.25) is 0 Å². The molecule has 0 spiro atoms. The van der Waals surface area contributed by atoms with Gasteiger partial charge in [0.05, 0.1) is 12.6 Å². The van der Waals surface area contributed by atoms with E-state index in [0.717, 1.165) is 22.5 Å². The van der Waals surface area contributed by atoms with Crippen LogP contribution in [0.5, 0.6) is 5.75 Å². The van der Waals surface area contributed by atoms with Gasteiger partial charge in [-0.15, -0.1) is 0 Å². The highest BCUT2D eigenvalue weighted by molar-refractivity contribution is 5.79. The van der Waals surface area contributed by atoms with Crippen LogP contribution in [0.4, 0.5) is 0 Å². The maximum atomic E-state index is 12.0. The molecule has 0 radical (unpaired) electrons. The van der Waals surface area contributed by atoms with Gasteiger partial charge in [-0.1, -0.05) is 36.4 Å². The number of furan rings is 1. The molecular formula is C20H21NO3. The van der Waals surface area contributed by atoms with Gasteiger partial charge in [0.2, 0.25) is 5.91 Å². The van der Waals surface area contributed by atoms with E-state index >= 15 is 0 Å². The SMILES string of the molecule is CC(NC(=O)CCCOc1ccccc1)c1cc2ccccc2o1. The minimum absolute atomic E-state index is 0.000354. The Labute approximate surface area is 141 Å². The van der Waals surface area contributed by atoms with Crippen molar-refractivity contribution in [2.75, 3.05) is 6.61 Å². The zero-order valence-electron chi connectivity index (χ0n) is 13.7. The minimum atomic E-state index is -0.153. The highest BCUT2D eigenvalue weighted by Crippen LogP contribution is 2.23. The molecular weight excluding hydrogens is 302 g/mol. The van der Waals surface area contributed by atoms with Gasteiger partial charge in [-0.2, -0.15) is 0 Å². The molecule has 1 aromatic heterocycles. The number of ether oxygens (including phenoxy) is 1. The Morgan fingerprint density at radius 2 is 1.88 bits per heavy atom. The molecule has 0 aliphatic heterocycles. The lowest BCUT2D eigenvalue weighted by atomic mass is 10.2. The van der Waals surface area contributed by atoms with E-state index in [9.17, 15) is 4.79 Å². The number of amides is 1. The number of rotatable bonds is 7. The summed E-state index contributed by atoms with van der Waals surface area (Å²) in [4.78, 5) is 12.0. The quantitative estimate of drug-likeness (QED) is 0.653. The minimum Gasteiger partial charge on any atom is -0.494 e. The Hall–Kier alpha value is -2.75. The summed E-state index contributed by atoms with van der Waals surface area (Å²) in [5, 5.41) is 4.01. The van der Waals surface area contributed by atoms with Crippen molar-refractivity contribution in [2.45, 2.75) is 25.8 Å². The van der Waals surface area contributed by atoms with E-state index in [1.807, 2.05) is 67.6 Å². The molecule has 1 N–H and O–H groups in total. The maximum Gasteiger partial charge on any atom is 0.220 e. The Kier molecular flexibility index (Phi) is 5.16. The van der Waals surface area contributed by atoms with Gasteiger partial charge in [0.25, 0.3) is 0 Å². The average Bonchev–Trinajstić information content (AvgIpc) is 3.04. The zero-order chi connectivity index (χ0) is 16.8. The van der Waals surface area contributed by atoms with Crippen LogP contribution >= 0.6 is 0 Å². The summed E-state index contributed by atoms with van der Waals surface area (Å²) in [6.45, 7) is 2.45. The molecule has 24 heavy (non-hydrogen) atoms. The van der Waals surface area contributed by atoms with Gasteiger partial charge in [0, 0.05) is 11.8 Å². The van der Waals surface area contributed by atoms with Crippen molar-refractivity contribution >= 4 is 16.9 Å². The predicted octanol–water partition coefficient (Wildman–Crippen LogP) is 4.47. The van der Waals surface area contributed by atoms with Crippen LogP contribution in [0, 0.1) is 0 Å². The van der Waals surface area contributed by atoms with E-state index in [4.69, 9.17) is 9.15 Å². The highest BCUT2D eigenvalue weighted by Gasteiger charge is 2.13. The normalized spacial score (nSPS) is 12.0. The molecule has 2 aromatic carbocycles. The largest absolute Gasteiger partial charge is 0.494 e. The van der Waals surface area contributed by atoms with Gasteiger partial charge in [-0.3, -0.25) is 4.79 Å². The van der Waals surface area contributed by atoms with Crippen molar-refractivity contribution < 1.29 is 13.9 Å². The number of para-hydroxylation sites is 2. The van der Waals surface area contributed by atoms with Crippen LogP contribution in [0.15, 0.2) is 65.1 Å². The second-order valence-corrected chi connectivity index (χ2v) is 5.74. The summed E-state index contributed by atoms with van der Waals surface area (Å²) in [5.74, 6) is 1.60. The molecule has 1 heterocycles. The first kappa shape index (κ1) is 16.1. The number of nitrogens with one attached hydrogen (secondary N) is 1. The molecule has 124 valence electrons. The third-order valence-corrected chi connectivity index (χ3v) is 3.81. The van der Waals surface area contributed by atoms with E-state index in [-0.39, 0.29) is 11.9 Å². The molecule has 4 heteroatoms. The first-order valence-electron chi connectivity index (χ1n) is 8.18. The maximum absolute atomic E-state index is 12.0. The lowest BCUT2D eigenvalue weighted by molar-refractivity contribution is -0.122. The van der Waals surface area contributed by atoms with Gasteiger partial charge >= 0.3 is 0 Å². The van der Waals surface area contributed by atoms with E-state index < -0.39 is 0 Å². The molecule has 0 saturated carbocycles. The Balaban J connectivity index is 1.44. The second kappa shape index (κ2) is 7.68. The van der Waals surface area contributed by atoms with Crippen LogP contribution < -0.4 is 10.1 Å². The zero-order valence-corrected chi connectivity index (χ0v) is 13.7. The summed E-state index contributed by atoms with van der Waals surface area (Å²) >= 11 is 0. The average molecular weight is 323 g/mol. The van der Waals surface area contributed by atoms with Crippen molar-refractivity contribution in [2.24, 2.45) is 0 Å². The van der Waals surface area contributed by atoms with Gasteiger partial charge < -0.3 is 14.5 Å². The Bertz CT molecular complexity index is 762. The molecule has 0 fully saturated rings. The van der Waals surface area contributed by atoms with Crippen molar-refractivity contribution in [1.29, 1.82) is 0 Å². The number of hydrogen-bond donors (Lipinski definition) is 1. The van der Waals surface area contributed by atoms with E-state index in [1.165, 1.54) is 0 Å². The number of fused-ring (bicyclic) bond motifs is 1. The van der Waals surface area contributed by atoms with E-state index in [0.29, 0.717) is 19.4 Å². The molecule has 0 aliphatic rings. The van der Waals surface area contributed by atoms with Gasteiger partial charge in [0.1, 0.15) is 17.1 Å². The molecule has 1 atom stereocenters. The second-order valence-electron chi connectivity index (χ2n) is 5.74. The lowest BCUT2D eigenvalue weighted by Gasteiger charge is -2.11. The topological polar surface area (TPSA) is 51.5 Å². The molecule has 1 amide bonds. The van der Waals surface area contributed by atoms with Crippen molar-refractivity contribution in [3.05, 3.63) is 66.4 Å². The van der Waals surface area contributed by atoms with Crippen LogP contribution in [0.25, 0.3) is 11.0 Å². The number of hydrogen-bond acceptors (Lipinski definition) is 3. The van der Waals surface area contributed by atoms with Crippen LogP contribution in [-0.4, -0.2) is 12.5 Å². The van der Waals surface area contributed by atoms with Crippen molar-refractivity contribution in [3.63, 3.8) is 0 Å². The van der Waals surface area contributed by atoms with Crippen molar-refractivity contribution in [3.8, 4) is 5.75 Å². The summed E-state index contributed by atoms with van der Waals surface area (Å²) in [7, 11) is 0. The van der Waals surface area contributed by atoms with Gasteiger partial charge in [0.15, 0.2) is 0 Å². The molecule has 0 bridgehead atoms. The molecule has 0 saturated heterocycles. The fraction of sp³-hybridized carbons (Fsp3) is 0.250. The van der Waals surface area contributed by atoms with E-state index in [2.05, 4.69) is 5.32 Å². The monoisotopic (exact) mass is 323 g/mol. The number of carbonyl (C=O) groups is 1. The standard InChI is InChI=1S/C20H21NO3/c1-15(19-14-16-8-5-6-11-18(16)24-19)21-20(22)12-7-13-23-17-9-3-2-4-10-17/h2-6,8-11,14-15H,7,12-13H2,1H3,(H,21,22). The summed E-state index contributed by atoms with van der Waals surface area (Å²) in [6.07, 6.45) is 1.10. The highest BCUT2D eigenvalue weighted by atomic mass is 16.5. The van der Waals surface area contributed by atoms with Crippen LogP contribution in [-0.2, 0) is 4.79 Å². The molecule has 4 nitrogen and oxygen atoms in total. The van der Waals surface area contributed by atoms with Gasteiger partial charge in [-0.25, -0.2) is 0 Å². The molecule has 3 rings (SSSR count). The predicted molar refractivity (Wildman–Crippen MR) is 93.9 cm³/mol. The fourth-order valence-electron chi connectivity index (χ4n) is 2.54. The smallest absolute Gasteiger partial charge is 0.220 e. The van der Waals surface area contributed by atoms with Crippen LogP contribution in [0.1, 0.15) is 31.6 Å². The Morgan fingerprint density at radius 1 is 1.12 bits per heavy atom. The van der Waals surface area contributed by atoms with Gasteiger partial charge in [-0.05, 0) is 37.6 Å². The van der Waals surface area contributed by atoms with E-state index in [1.54, 1.807) is 0 Å². The molecule has 3 aromatic rings. The summed E-state index contributed by atoms with van der Waals surface area (Å²) < 4.78 is 11.4. The Morgan fingerprint density at radius 3 is 2.67 bits per heavy atom. The summed E-state index contributed by atoms with van der Waals surface area (Å²) in [6, 6.07) is 19.3. The fourth-order valence-corrected chi connectivity index (χ4v) is 2.54. The third kappa shape index (κ3) is 4.16. The lowest BCUT2D eigenvalue weighted by Crippen LogP contribution is -2.26. The van der Waals surface area contributed by atoms with Crippen molar-refractivity contribution in [1.82, 2.24) is 5.32 Å². The summed E-state index contributed by atoms with van der Waals surface area (Å²) in [5.41, 5.74) is 0.838. The number of carbonyl (C=O) groups excluding carboxylic acids is 1. The third-order valence-electron chi connectivity index (χ3n) is 3.81. The van der Waals surface area contributed by atoms with Crippen LogP contribution in [0.3, 0.4) is 0 Å². The number of benzene rings is 2. The first-order chi connectivity index (χ1) is 11.7. The molecule has 0 aliphatic carbocycles.